The van der Waals surface area contributed by atoms with E-state index in [1.54, 1.807) is 18.5 Å². The summed E-state index contributed by atoms with van der Waals surface area (Å²) in [6.45, 7) is 4.79. The van der Waals surface area contributed by atoms with Gasteiger partial charge in [0.15, 0.2) is 0 Å². The largest absolute Gasteiger partial charge is 0.376 e. The third kappa shape index (κ3) is 4.76. The van der Waals surface area contributed by atoms with E-state index in [0.717, 1.165) is 49.4 Å². The number of halogens is 1. The van der Waals surface area contributed by atoms with Gasteiger partial charge in [0.05, 0.1) is 64.9 Å². The van der Waals surface area contributed by atoms with Crippen molar-refractivity contribution in [2.75, 3.05) is 24.6 Å². The lowest BCUT2D eigenvalue weighted by molar-refractivity contribution is 0.0974. The second-order valence-electron chi connectivity index (χ2n) is 10.9. The molecule has 2 saturated heterocycles. The van der Waals surface area contributed by atoms with E-state index in [9.17, 15) is 4.79 Å². The predicted molar refractivity (Wildman–Crippen MR) is 160 cm³/mol. The fourth-order valence-corrected chi connectivity index (χ4v) is 7.03. The molecule has 2 fully saturated rings. The van der Waals surface area contributed by atoms with E-state index in [1.165, 1.54) is 22.7 Å². The summed E-state index contributed by atoms with van der Waals surface area (Å²) in [4.78, 5) is 38.1. The van der Waals surface area contributed by atoms with E-state index in [0.29, 0.717) is 31.7 Å². The first kappa shape index (κ1) is 26.4. The molecular weight excluding hydrogens is 560 g/mol. The van der Waals surface area contributed by atoms with Crippen LogP contribution < -0.4 is 16.2 Å². The SMILES string of the molecule is C[C@@H]1OCC2(CCN(c3cnc(Sc4ccc5ncn(Cc6nc7ccccc7[nH]6)c(=O)c5c4Cl)cn3)CC2)[C@@H]1N. The van der Waals surface area contributed by atoms with Crippen molar-refractivity contribution in [1.29, 1.82) is 0 Å². The molecule has 3 N–H and O–H groups in total. The number of anilines is 1. The number of para-hydroxylation sites is 2. The van der Waals surface area contributed by atoms with Gasteiger partial charge in [-0.05, 0) is 44.0 Å². The highest BCUT2D eigenvalue weighted by Gasteiger charge is 2.47. The molecule has 0 aliphatic carbocycles. The minimum Gasteiger partial charge on any atom is -0.376 e. The highest BCUT2D eigenvalue weighted by Crippen LogP contribution is 2.42. The first-order chi connectivity index (χ1) is 19.9. The zero-order chi connectivity index (χ0) is 28.1. The Labute approximate surface area is 245 Å². The lowest BCUT2D eigenvalue weighted by Crippen LogP contribution is -2.50. The first-order valence-corrected chi connectivity index (χ1v) is 14.8. The maximum absolute atomic E-state index is 13.5. The van der Waals surface area contributed by atoms with Crippen molar-refractivity contribution in [3.8, 4) is 0 Å². The van der Waals surface area contributed by atoms with Gasteiger partial charge in [-0.1, -0.05) is 35.5 Å². The lowest BCUT2D eigenvalue weighted by atomic mass is 9.73. The standard InChI is InChI=1S/C29H29ClN8O2S/c1-17-27(31)29(15-40-17)8-10-37(11-9-29)23-12-33-24(13-32-23)41-21-7-6-20-25(26(21)30)28(39)38(16-34-20)14-22-35-18-4-2-3-5-19(18)36-22/h2-7,12-13,16-17,27H,8-11,14-15,31H2,1H3,(H,35,36)/t17-,27+/m0/s1. The third-order valence-electron chi connectivity index (χ3n) is 8.41. The number of rotatable bonds is 5. The number of ether oxygens (including phenoxy) is 1. The molecule has 5 aromatic rings. The van der Waals surface area contributed by atoms with Gasteiger partial charge in [-0.3, -0.25) is 9.36 Å². The van der Waals surface area contributed by atoms with Crippen LogP contribution in [0.4, 0.5) is 5.82 Å². The molecule has 2 aliphatic rings. The molecule has 210 valence electrons. The number of benzene rings is 2. The van der Waals surface area contributed by atoms with Gasteiger partial charge in [-0.15, -0.1) is 0 Å². The predicted octanol–water partition coefficient (Wildman–Crippen LogP) is 4.25. The number of hydrogen-bond acceptors (Lipinski definition) is 9. The highest BCUT2D eigenvalue weighted by molar-refractivity contribution is 7.99. The van der Waals surface area contributed by atoms with Crippen LogP contribution in [0.5, 0.6) is 0 Å². The molecular formula is C29H29ClN8O2S. The van der Waals surface area contributed by atoms with Crippen LogP contribution in [0.3, 0.4) is 0 Å². The van der Waals surface area contributed by atoms with Crippen molar-refractivity contribution in [3.05, 3.63) is 76.3 Å². The normalized spacial score (nSPS) is 20.4. The number of aromatic amines is 1. The first-order valence-electron chi connectivity index (χ1n) is 13.6. The molecule has 10 nitrogen and oxygen atoms in total. The van der Waals surface area contributed by atoms with E-state index in [1.807, 2.05) is 30.3 Å². The molecule has 5 heterocycles. The summed E-state index contributed by atoms with van der Waals surface area (Å²) in [5, 5.41) is 1.40. The van der Waals surface area contributed by atoms with Crippen LogP contribution in [0.2, 0.25) is 5.02 Å². The van der Waals surface area contributed by atoms with E-state index >= 15 is 0 Å². The van der Waals surface area contributed by atoms with Crippen LogP contribution in [-0.2, 0) is 11.3 Å². The molecule has 0 bridgehead atoms. The van der Waals surface area contributed by atoms with Crippen LogP contribution in [0.1, 0.15) is 25.6 Å². The van der Waals surface area contributed by atoms with Crippen molar-refractivity contribution in [1.82, 2.24) is 29.5 Å². The average Bonchev–Trinajstić information content (AvgIpc) is 3.53. The molecule has 0 radical (unpaired) electrons. The van der Waals surface area contributed by atoms with Crippen LogP contribution >= 0.6 is 23.4 Å². The van der Waals surface area contributed by atoms with Crippen LogP contribution in [0.15, 0.2) is 69.8 Å². The number of fused-ring (bicyclic) bond motifs is 2. The fourth-order valence-electron chi connectivity index (χ4n) is 5.91. The van der Waals surface area contributed by atoms with Crippen LogP contribution in [0.25, 0.3) is 21.9 Å². The Morgan fingerprint density at radius 1 is 1.12 bits per heavy atom. The minimum atomic E-state index is -0.228. The van der Waals surface area contributed by atoms with Crippen molar-refractivity contribution in [3.63, 3.8) is 0 Å². The second-order valence-corrected chi connectivity index (χ2v) is 12.3. The number of piperidine rings is 1. The van der Waals surface area contributed by atoms with Gasteiger partial charge >= 0.3 is 0 Å². The molecule has 3 aromatic heterocycles. The second kappa shape index (κ2) is 10.4. The highest BCUT2D eigenvalue weighted by atomic mass is 35.5. The zero-order valence-corrected chi connectivity index (χ0v) is 24.0. The Kier molecular flexibility index (Phi) is 6.69. The summed E-state index contributed by atoms with van der Waals surface area (Å²) in [7, 11) is 0. The number of nitrogens with zero attached hydrogens (tertiary/aromatic N) is 6. The van der Waals surface area contributed by atoms with E-state index in [2.05, 4.69) is 36.7 Å². The number of imidazole rings is 1. The number of nitrogens with one attached hydrogen (secondary N) is 1. The molecule has 0 saturated carbocycles. The average molecular weight is 589 g/mol. The molecule has 0 amide bonds. The Morgan fingerprint density at radius 3 is 2.68 bits per heavy atom. The molecule has 7 rings (SSSR count). The maximum atomic E-state index is 13.5. The van der Waals surface area contributed by atoms with Gasteiger partial charge < -0.3 is 20.4 Å². The number of aromatic nitrogens is 6. The Bertz CT molecular complexity index is 1770. The summed E-state index contributed by atoms with van der Waals surface area (Å²) in [6.07, 6.45) is 7.14. The summed E-state index contributed by atoms with van der Waals surface area (Å²) >= 11 is 8.17. The van der Waals surface area contributed by atoms with Crippen molar-refractivity contribution < 1.29 is 4.74 Å². The number of nitrogens with two attached hydrogens (primary N) is 1. The quantitative estimate of drug-likeness (QED) is 0.310. The van der Waals surface area contributed by atoms with Gasteiger partial charge in [0.1, 0.15) is 16.7 Å². The summed E-state index contributed by atoms with van der Waals surface area (Å²) in [5.74, 6) is 1.51. The Hall–Kier alpha value is -3.51. The monoisotopic (exact) mass is 588 g/mol. The van der Waals surface area contributed by atoms with Crippen molar-refractivity contribution in [2.45, 2.75) is 48.4 Å². The maximum Gasteiger partial charge on any atom is 0.263 e. The molecule has 2 aromatic carbocycles. The number of H-pyrrole nitrogens is 1. The van der Waals surface area contributed by atoms with E-state index < -0.39 is 0 Å². The smallest absolute Gasteiger partial charge is 0.263 e. The molecule has 2 atom stereocenters. The summed E-state index contributed by atoms with van der Waals surface area (Å²) in [6, 6.07) is 11.5. The third-order valence-corrected chi connectivity index (χ3v) is 9.90. The lowest BCUT2D eigenvalue weighted by Gasteiger charge is -2.41. The Balaban J connectivity index is 1.08. The fraction of sp³-hybridized carbons (Fsp3) is 0.345. The summed E-state index contributed by atoms with van der Waals surface area (Å²) in [5.41, 5.74) is 8.60. The van der Waals surface area contributed by atoms with Gasteiger partial charge in [-0.25, -0.2) is 19.9 Å². The summed E-state index contributed by atoms with van der Waals surface area (Å²) < 4.78 is 7.36. The topological polar surface area (TPSA) is 128 Å². The molecule has 41 heavy (non-hydrogen) atoms. The molecule has 12 heteroatoms. The van der Waals surface area contributed by atoms with Crippen LogP contribution in [0, 0.1) is 5.41 Å². The van der Waals surface area contributed by atoms with Crippen molar-refractivity contribution >= 4 is 51.1 Å². The number of hydrogen-bond donors (Lipinski definition) is 2. The van der Waals surface area contributed by atoms with Crippen LogP contribution in [-0.4, -0.2) is 61.3 Å². The Morgan fingerprint density at radius 2 is 1.95 bits per heavy atom. The van der Waals surface area contributed by atoms with Gasteiger partial charge in [0, 0.05) is 29.4 Å². The van der Waals surface area contributed by atoms with E-state index in [-0.39, 0.29) is 29.7 Å². The zero-order valence-electron chi connectivity index (χ0n) is 22.5. The van der Waals surface area contributed by atoms with E-state index in [4.69, 9.17) is 22.1 Å². The molecule has 2 aliphatic heterocycles. The minimum absolute atomic E-state index is 0.0610. The molecule has 0 unspecified atom stereocenters. The van der Waals surface area contributed by atoms with Gasteiger partial charge in [-0.2, -0.15) is 0 Å². The van der Waals surface area contributed by atoms with Gasteiger partial charge in [0.2, 0.25) is 0 Å². The van der Waals surface area contributed by atoms with Crippen molar-refractivity contribution in [2.24, 2.45) is 11.1 Å². The van der Waals surface area contributed by atoms with Gasteiger partial charge in [0.25, 0.3) is 5.56 Å². The molecule has 1 spiro atoms.